The first-order valence-corrected chi connectivity index (χ1v) is 16.2. The van der Waals surface area contributed by atoms with Crippen molar-refractivity contribution in [1.29, 1.82) is 0 Å². The molecule has 242 valence electrons. The molecular weight excluding hydrogens is 519 g/mol. The van der Waals surface area contributed by atoms with Crippen LogP contribution in [-0.2, 0) is 4.79 Å². The summed E-state index contributed by atoms with van der Waals surface area (Å²) in [6.45, 7) is 12.1. The SMILES string of the molecule is CCCCCCCCCCCCCCCCNCCCNCCCNCCCNCCCN.O=C(O)C(F)(F)F. The Bertz CT molecular complexity index is 470. The van der Waals surface area contributed by atoms with E-state index >= 15 is 0 Å². The number of rotatable bonds is 30. The molecule has 0 spiro atoms. The summed E-state index contributed by atoms with van der Waals surface area (Å²) >= 11 is 0. The number of aliphatic carboxylic acids is 1. The van der Waals surface area contributed by atoms with E-state index in [0.29, 0.717) is 0 Å². The van der Waals surface area contributed by atoms with Gasteiger partial charge in [-0.2, -0.15) is 13.2 Å². The number of unbranched alkanes of at least 4 members (excludes halogenated alkanes) is 13. The molecule has 7 nitrogen and oxygen atoms in total. The smallest absolute Gasteiger partial charge is 0.475 e. The molecule has 0 heterocycles. The molecular formula is C30H64F3N5O2. The van der Waals surface area contributed by atoms with Crippen LogP contribution in [0.1, 0.15) is 122 Å². The first kappa shape index (κ1) is 41.2. The van der Waals surface area contributed by atoms with Crippen LogP contribution in [0, 0.1) is 0 Å². The Morgan fingerprint density at radius 1 is 0.525 bits per heavy atom. The number of halogens is 3. The van der Waals surface area contributed by atoms with Gasteiger partial charge in [0.25, 0.3) is 0 Å². The highest BCUT2D eigenvalue weighted by molar-refractivity contribution is 5.73. The van der Waals surface area contributed by atoms with Gasteiger partial charge in [0.1, 0.15) is 0 Å². The number of carboxylic acid groups (broad SMARTS) is 1. The van der Waals surface area contributed by atoms with E-state index < -0.39 is 12.1 Å². The maximum Gasteiger partial charge on any atom is 0.490 e. The average molecular weight is 584 g/mol. The maximum absolute atomic E-state index is 10.6. The van der Waals surface area contributed by atoms with E-state index in [9.17, 15) is 13.2 Å². The number of alkyl halides is 3. The van der Waals surface area contributed by atoms with Crippen LogP contribution in [0.25, 0.3) is 0 Å². The fraction of sp³-hybridized carbons (Fsp3) is 0.967. The molecule has 0 aromatic carbocycles. The molecule has 0 aromatic rings. The summed E-state index contributed by atoms with van der Waals surface area (Å²) < 4.78 is 31.7. The molecule has 0 rings (SSSR count). The Labute approximate surface area is 243 Å². The number of hydrogen-bond donors (Lipinski definition) is 6. The number of carbonyl (C=O) groups is 1. The standard InChI is InChI=1S/C28H63N5.C2HF3O2/c1-2-3-4-5-6-7-8-9-10-11-12-13-14-15-21-30-23-17-25-32-27-19-28-33-26-18-24-31-22-16-20-29;3-2(4,5)1(6)7/h30-33H,2-29H2,1H3;(H,6,7). The minimum Gasteiger partial charge on any atom is -0.475 e. The minimum absolute atomic E-state index is 0.786. The van der Waals surface area contributed by atoms with E-state index in [1.807, 2.05) is 0 Å². The summed E-state index contributed by atoms with van der Waals surface area (Å²) in [6.07, 6.45) is 19.8. The molecule has 0 aliphatic carbocycles. The van der Waals surface area contributed by atoms with Gasteiger partial charge in [0.2, 0.25) is 0 Å². The fourth-order valence-electron chi connectivity index (χ4n) is 4.19. The summed E-state index contributed by atoms with van der Waals surface area (Å²) in [6, 6.07) is 0. The van der Waals surface area contributed by atoms with Gasteiger partial charge >= 0.3 is 12.1 Å². The third kappa shape index (κ3) is 39.2. The third-order valence-corrected chi connectivity index (χ3v) is 6.63. The zero-order chi connectivity index (χ0) is 30.0. The van der Waals surface area contributed by atoms with Gasteiger partial charge < -0.3 is 32.1 Å². The van der Waals surface area contributed by atoms with Crippen molar-refractivity contribution in [3.63, 3.8) is 0 Å². The highest BCUT2D eigenvalue weighted by Gasteiger charge is 2.38. The summed E-state index contributed by atoms with van der Waals surface area (Å²) in [5, 5.41) is 21.2. The van der Waals surface area contributed by atoms with Crippen molar-refractivity contribution >= 4 is 5.97 Å². The van der Waals surface area contributed by atoms with Gasteiger partial charge in [0.05, 0.1) is 0 Å². The van der Waals surface area contributed by atoms with Crippen LogP contribution >= 0.6 is 0 Å². The number of nitrogens with two attached hydrogens (primary N) is 1. The lowest BCUT2D eigenvalue weighted by molar-refractivity contribution is -0.192. The summed E-state index contributed by atoms with van der Waals surface area (Å²) in [4.78, 5) is 8.90. The van der Waals surface area contributed by atoms with E-state index in [0.717, 1.165) is 58.8 Å². The van der Waals surface area contributed by atoms with Crippen LogP contribution in [0.4, 0.5) is 13.2 Å². The molecule has 0 fully saturated rings. The molecule has 40 heavy (non-hydrogen) atoms. The van der Waals surface area contributed by atoms with E-state index in [1.54, 1.807) is 0 Å². The molecule has 0 saturated heterocycles. The van der Waals surface area contributed by atoms with Crippen LogP contribution in [-0.4, -0.2) is 76.2 Å². The van der Waals surface area contributed by atoms with Gasteiger partial charge in [-0.15, -0.1) is 0 Å². The molecule has 0 bridgehead atoms. The average Bonchev–Trinajstić information content (AvgIpc) is 2.92. The zero-order valence-electron chi connectivity index (χ0n) is 25.7. The van der Waals surface area contributed by atoms with Crippen molar-refractivity contribution in [3.05, 3.63) is 0 Å². The molecule has 0 aliphatic heterocycles. The predicted molar refractivity (Wildman–Crippen MR) is 163 cm³/mol. The Morgan fingerprint density at radius 3 is 1.05 bits per heavy atom. The lowest BCUT2D eigenvalue weighted by Crippen LogP contribution is -2.27. The molecule has 10 heteroatoms. The first-order valence-electron chi connectivity index (χ1n) is 16.2. The Hall–Kier alpha value is -0.940. The molecule has 7 N–H and O–H groups in total. The van der Waals surface area contributed by atoms with E-state index in [2.05, 4.69) is 28.2 Å². The largest absolute Gasteiger partial charge is 0.490 e. The molecule has 0 amide bonds. The Kier molecular flexibility index (Phi) is 35.3. The highest BCUT2D eigenvalue weighted by Crippen LogP contribution is 2.13. The molecule has 0 atom stereocenters. The van der Waals surface area contributed by atoms with Crippen LogP contribution < -0.4 is 27.0 Å². The second-order valence-corrected chi connectivity index (χ2v) is 10.6. The highest BCUT2D eigenvalue weighted by atomic mass is 19.4. The molecule has 0 saturated carbocycles. The van der Waals surface area contributed by atoms with Crippen molar-refractivity contribution in [1.82, 2.24) is 21.3 Å². The summed E-state index contributed by atoms with van der Waals surface area (Å²) in [7, 11) is 0. The van der Waals surface area contributed by atoms with Crippen molar-refractivity contribution < 1.29 is 23.1 Å². The lowest BCUT2D eigenvalue weighted by Gasteiger charge is -2.08. The zero-order valence-corrected chi connectivity index (χ0v) is 25.7. The Balaban J connectivity index is 0. The number of hydrogen-bond acceptors (Lipinski definition) is 6. The summed E-state index contributed by atoms with van der Waals surface area (Å²) in [5.74, 6) is -2.76. The quantitative estimate of drug-likeness (QED) is 0.0577. The maximum atomic E-state index is 10.6. The van der Waals surface area contributed by atoms with Crippen LogP contribution in [0.2, 0.25) is 0 Å². The Morgan fingerprint density at radius 2 is 0.775 bits per heavy atom. The van der Waals surface area contributed by atoms with Gasteiger partial charge in [-0.1, -0.05) is 90.4 Å². The van der Waals surface area contributed by atoms with E-state index in [1.165, 1.54) is 116 Å². The fourth-order valence-corrected chi connectivity index (χ4v) is 4.19. The topological polar surface area (TPSA) is 111 Å². The molecule has 0 aliphatic rings. The normalized spacial score (nSPS) is 11.4. The van der Waals surface area contributed by atoms with Crippen LogP contribution in [0.3, 0.4) is 0 Å². The second-order valence-electron chi connectivity index (χ2n) is 10.6. The van der Waals surface area contributed by atoms with E-state index in [-0.39, 0.29) is 0 Å². The molecule has 0 unspecified atom stereocenters. The van der Waals surface area contributed by atoms with Crippen molar-refractivity contribution in [2.45, 2.75) is 129 Å². The predicted octanol–water partition coefficient (Wildman–Crippen LogP) is 5.98. The number of carboxylic acids is 1. The molecule has 0 aromatic heterocycles. The van der Waals surface area contributed by atoms with Crippen molar-refractivity contribution in [2.24, 2.45) is 5.73 Å². The minimum atomic E-state index is -5.08. The van der Waals surface area contributed by atoms with Gasteiger partial charge in [0, 0.05) is 0 Å². The number of nitrogens with one attached hydrogen (secondary N) is 4. The summed E-state index contributed by atoms with van der Waals surface area (Å²) in [5.41, 5.74) is 5.48. The van der Waals surface area contributed by atoms with Crippen LogP contribution in [0.15, 0.2) is 0 Å². The van der Waals surface area contributed by atoms with Crippen molar-refractivity contribution in [3.8, 4) is 0 Å². The van der Waals surface area contributed by atoms with Gasteiger partial charge in [-0.3, -0.25) is 0 Å². The lowest BCUT2D eigenvalue weighted by atomic mass is 10.0. The van der Waals surface area contributed by atoms with Crippen molar-refractivity contribution in [2.75, 3.05) is 58.9 Å². The van der Waals surface area contributed by atoms with E-state index in [4.69, 9.17) is 15.6 Å². The van der Waals surface area contributed by atoms with Gasteiger partial charge in [0.15, 0.2) is 0 Å². The third-order valence-electron chi connectivity index (χ3n) is 6.63. The van der Waals surface area contributed by atoms with Crippen LogP contribution in [0.5, 0.6) is 0 Å². The van der Waals surface area contributed by atoms with Gasteiger partial charge in [-0.25, -0.2) is 4.79 Å². The monoisotopic (exact) mass is 584 g/mol. The second kappa shape index (κ2) is 34.3. The van der Waals surface area contributed by atoms with Gasteiger partial charge in [-0.05, 0) is 91.0 Å². The molecule has 0 radical (unpaired) electrons. The first-order chi connectivity index (χ1) is 19.4.